The van der Waals surface area contributed by atoms with Crippen molar-refractivity contribution >= 4 is 200 Å². The number of nitrogens with zero attached hydrogens (tertiary/aromatic N) is 3. The molecule has 0 atom stereocenters. The summed E-state index contributed by atoms with van der Waals surface area (Å²) in [6, 6.07) is 33.5. The van der Waals surface area contributed by atoms with E-state index in [1.165, 1.54) is 97.0 Å². The highest BCUT2D eigenvalue weighted by molar-refractivity contribution is 7.28. The van der Waals surface area contributed by atoms with E-state index in [9.17, 15) is 0 Å². The Morgan fingerprint density at radius 1 is 0.344 bits per heavy atom. The molecule has 61 heavy (non-hydrogen) atoms. The SMILES string of the molecule is Bc1c(B)c(B)c(-c2c(B)c(B)c(B)c3sc4c(B)c(-c5nc(-c6ccc(-c7ccccc7)cc6)nc(-c6ccc7c(c6)oc6ccccc67)n5)c(B)c(B)c4c23)c(B)c1B. The van der Waals surface area contributed by atoms with Crippen molar-refractivity contribution in [2.75, 3.05) is 0 Å². The van der Waals surface area contributed by atoms with Gasteiger partial charge >= 0.3 is 0 Å². The van der Waals surface area contributed by atoms with Crippen molar-refractivity contribution in [2.45, 2.75) is 0 Å². The normalized spacial score (nSPS) is 11.7. The van der Waals surface area contributed by atoms with Gasteiger partial charge in [-0.25, -0.2) is 15.0 Å². The van der Waals surface area contributed by atoms with Crippen LogP contribution in [0.3, 0.4) is 0 Å². The Morgan fingerprint density at radius 2 is 0.836 bits per heavy atom. The highest BCUT2D eigenvalue weighted by atomic mass is 32.1. The van der Waals surface area contributed by atoms with E-state index in [4.69, 9.17) is 19.4 Å². The van der Waals surface area contributed by atoms with Gasteiger partial charge in [0.25, 0.3) is 0 Å². The molecule has 3 aromatic heterocycles. The minimum Gasteiger partial charge on any atom is -0.456 e. The predicted molar refractivity (Wildman–Crippen MR) is 297 cm³/mol. The third kappa shape index (κ3) is 6.08. The molecule has 0 bridgehead atoms. The van der Waals surface area contributed by atoms with Crippen LogP contribution >= 0.6 is 11.3 Å². The first-order valence-corrected chi connectivity index (χ1v) is 22.0. The highest BCUT2D eigenvalue weighted by Gasteiger charge is 2.26. The van der Waals surface area contributed by atoms with E-state index in [0.717, 1.165) is 44.2 Å². The minimum absolute atomic E-state index is 0.614. The molecule has 0 spiro atoms. The second-order valence-corrected chi connectivity index (χ2v) is 18.1. The fraction of sp³-hybridized carbons (Fsp3) is 0. The molecular formula is C45H38B11N3OS. The van der Waals surface area contributed by atoms with Crippen LogP contribution in [0.1, 0.15) is 0 Å². The quantitative estimate of drug-likeness (QED) is 0.163. The van der Waals surface area contributed by atoms with Gasteiger partial charge in [-0.1, -0.05) is 123 Å². The lowest BCUT2D eigenvalue weighted by Crippen LogP contribution is -2.56. The minimum atomic E-state index is 0.614. The number of thiophene rings is 1. The van der Waals surface area contributed by atoms with Crippen LogP contribution in [0.5, 0.6) is 0 Å². The standard InChI is InChI=1S/C45H38B11N3OS/c46-30-25(27-31(47)36(52)39(55)37(53)32(27)48)26-28-33(49)34(50)29(35(51)42(28)61-41(26)40(56)38(30)54)45-58-43(19-12-10-18(11-13-19)17-6-2-1-3-7-17)57-44(59-45)20-14-15-22-21-8-4-5-9-23(21)60-24(22)16-20/h1-16H,46-56H2. The van der Waals surface area contributed by atoms with Crippen LogP contribution in [0, 0.1) is 0 Å². The molecule has 0 radical (unpaired) electrons. The molecule has 0 aliphatic heterocycles. The number of para-hydroxylation sites is 1. The largest absolute Gasteiger partial charge is 0.456 e. The summed E-state index contributed by atoms with van der Waals surface area (Å²) in [5.41, 5.74) is 24.3. The van der Waals surface area contributed by atoms with Gasteiger partial charge in [-0.2, -0.15) is 0 Å². The summed E-state index contributed by atoms with van der Waals surface area (Å²) in [5, 5.41) is 4.89. The summed E-state index contributed by atoms with van der Waals surface area (Å²) < 4.78 is 9.01. The molecule has 16 heteroatoms. The number of benzene rings is 7. The van der Waals surface area contributed by atoms with Crippen molar-refractivity contribution in [3.63, 3.8) is 0 Å². The van der Waals surface area contributed by atoms with Crippen molar-refractivity contribution < 1.29 is 4.42 Å². The van der Waals surface area contributed by atoms with Crippen molar-refractivity contribution in [1.29, 1.82) is 0 Å². The zero-order valence-corrected chi connectivity index (χ0v) is 37.7. The monoisotopic (exact) mass is 789 g/mol. The lowest BCUT2D eigenvalue weighted by atomic mass is 9.58. The Balaban J connectivity index is 1.23. The summed E-state index contributed by atoms with van der Waals surface area (Å²) in [6.45, 7) is 0. The Kier molecular flexibility index (Phi) is 9.52. The lowest BCUT2D eigenvalue weighted by molar-refractivity contribution is 0.669. The number of fused-ring (bicyclic) bond motifs is 6. The maximum absolute atomic E-state index is 6.36. The van der Waals surface area contributed by atoms with E-state index in [0.29, 0.717) is 17.5 Å². The Hall–Kier alpha value is -5.72. The third-order valence-electron chi connectivity index (χ3n) is 14.0. The molecule has 0 saturated heterocycles. The molecule has 0 N–H and O–H groups in total. The van der Waals surface area contributed by atoms with E-state index in [2.05, 4.69) is 165 Å². The van der Waals surface area contributed by atoms with E-state index < -0.39 is 0 Å². The van der Waals surface area contributed by atoms with Gasteiger partial charge < -0.3 is 4.42 Å². The van der Waals surface area contributed by atoms with Gasteiger partial charge in [0.15, 0.2) is 17.5 Å². The number of rotatable bonds is 5. The molecule has 10 aromatic rings. The molecule has 0 amide bonds. The summed E-state index contributed by atoms with van der Waals surface area (Å²) in [6.07, 6.45) is 0. The average Bonchev–Trinajstić information content (AvgIpc) is 3.87. The molecule has 0 unspecified atom stereocenters. The van der Waals surface area contributed by atoms with Crippen LogP contribution in [0.2, 0.25) is 0 Å². The number of hydrogen-bond acceptors (Lipinski definition) is 5. The van der Waals surface area contributed by atoms with Gasteiger partial charge in [0, 0.05) is 42.2 Å². The zero-order chi connectivity index (χ0) is 42.6. The van der Waals surface area contributed by atoms with Crippen molar-refractivity contribution in [1.82, 2.24) is 15.0 Å². The second-order valence-electron chi connectivity index (χ2n) is 17.1. The number of hydrogen-bond donors (Lipinski definition) is 0. The van der Waals surface area contributed by atoms with Crippen LogP contribution in [-0.2, 0) is 0 Å². The smallest absolute Gasteiger partial charge is 0.164 e. The first kappa shape index (κ1) is 39.4. The van der Waals surface area contributed by atoms with Crippen LogP contribution < -0.4 is 60.1 Å². The summed E-state index contributed by atoms with van der Waals surface area (Å²) in [4.78, 5) is 15.9. The molecule has 10 rings (SSSR count). The van der Waals surface area contributed by atoms with Gasteiger partial charge in [-0.3, -0.25) is 0 Å². The Labute approximate surface area is 370 Å². The lowest BCUT2D eigenvalue weighted by Gasteiger charge is -2.25. The molecule has 0 fully saturated rings. The molecule has 7 aromatic carbocycles. The van der Waals surface area contributed by atoms with Crippen molar-refractivity contribution in [3.8, 4) is 56.4 Å². The second kappa shape index (κ2) is 14.7. The van der Waals surface area contributed by atoms with Crippen LogP contribution in [-0.4, -0.2) is 101 Å². The van der Waals surface area contributed by atoms with Gasteiger partial charge in [-0.05, 0) is 45.8 Å². The van der Waals surface area contributed by atoms with E-state index >= 15 is 0 Å². The van der Waals surface area contributed by atoms with Gasteiger partial charge in [-0.15, -0.1) is 27.7 Å². The summed E-state index contributed by atoms with van der Waals surface area (Å²) in [7, 11) is 25.2. The van der Waals surface area contributed by atoms with Gasteiger partial charge in [0.1, 0.15) is 97.5 Å². The van der Waals surface area contributed by atoms with Crippen LogP contribution in [0.15, 0.2) is 101 Å². The summed E-state index contributed by atoms with van der Waals surface area (Å²) in [5.74, 6) is 1.93. The first-order chi connectivity index (χ1) is 29.3. The van der Waals surface area contributed by atoms with E-state index in [1.807, 2.05) is 29.5 Å². The maximum atomic E-state index is 6.36. The first-order valence-electron chi connectivity index (χ1n) is 21.2. The number of furan rings is 1. The van der Waals surface area contributed by atoms with Gasteiger partial charge in [0.05, 0.1) is 0 Å². The average molecular weight is 788 g/mol. The van der Waals surface area contributed by atoms with E-state index in [1.54, 1.807) is 0 Å². The Bertz CT molecular complexity index is 3470. The zero-order valence-electron chi connectivity index (χ0n) is 36.9. The topological polar surface area (TPSA) is 51.8 Å². The van der Waals surface area contributed by atoms with Crippen molar-refractivity contribution in [2.24, 2.45) is 0 Å². The fourth-order valence-corrected chi connectivity index (χ4v) is 11.2. The predicted octanol–water partition coefficient (Wildman–Crippen LogP) is -6.68. The fourth-order valence-electron chi connectivity index (χ4n) is 9.73. The van der Waals surface area contributed by atoms with Gasteiger partial charge in [0.2, 0.25) is 0 Å². The van der Waals surface area contributed by atoms with Crippen LogP contribution in [0.4, 0.5) is 0 Å². The molecule has 278 valence electrons. The Morgan fingerprint density at radius 3 is 1.54 bits per heavy atom. The number of aromatic nitrogens is 3. The highest BCUT2D eigenvalue weighted by Crippen LogP contribution is 2.37. The molecule has 0 aliphatic rings. The summed E-state index contributed by atoms with van der Waals surface area (Å²) >= 11 is 1.92. The molecule has 0 saturated carbocycles. The third-order valence-corrected chi connectivity index (χ3v) is 15.5. The molecule has 0 aliphatic carbocycles. The maximum Gasteiger partial charge on any atom is 0.164 e. The van der Waals surface area contributed by atoms with Crippen molar-refractivity contribution in [3.05, 3.63) is 97.1 Å². The van der Waals surface area contributed by atoms with E-state index in [-0.39, 0.29) is 0 Å². The molecular weight excluding hydrogens is 750 g/mol. The van der Waals surface area contributed by atoms with Crippen LogP contribution in [0.25, 0.3) is 98.5 Å². The molecule has 4 nitrogen and oxygen atoms in total. The molecule has 3 heterocycles.